The van der Waals surface area contributed by atoms with Crippen LogP contribution in [-0.2, 0) is 11.2 Å². The Hall–Kier alpha value is -3.32. The molecule has 0 radical (unpaired) electrons. The second kappa shape index (κ2) is 8.67. The average molecular weight is 449 g/mol. The van der Waals surface area contributed by atoms with Crippen LogP contribution < -0.4 is 20.1 Å². The summed E-state index contributed by atoms with van der Waals surface area (Å²) in [6.45, 7) is 0. The quantitative estimate of drug-likeness (QED) is 0.570. The van der Waals surface area contributed by atoms with Crippen LogP contribution in [0.4, 0.5) is 5.69 Å². The first kappa shape index (κ1) is 20.6. The summed E-state index contributed by atoms with van der Waals surface area (Å²) in [6.07, 6.45) is 4.30. The van der Waals surface area contributed by atoms with Crippen molar-refractivity contribution in [2.75, 3.05) is 5.32 Å². The highest BCUT2D eigenvalue weighted by Crippen LogP contribution is 2.47. The summed E-state index contributed by atoms with van der Waals surface area (Å²) in [5, 5.41) is 7.66. The number of carbonyl (C=O) groups is 2. The fourth-order valence-corrected chi connectivity index (χ4v) is 4.84. The van der Waals surface area contributed by atoms with E-state index in [4.69, 9.17) is 9.47 Å². The number of carbonyl (C=O) groups excluding carboxylic acids is 2. The van der Waals surface area contributed by atoms with Gasteiger partial charge in [0.15, 0.2) is 11.5 Å². The molecular weight excluding hydrogens is 424 g/mol. The monoisotopic (exact) mass is 448 g/mol. The van der Waals surface area contributed by atoms with Gasteiger partial charge in [-0.25, -0.2) is 0 Å². The summed E-state index contributed by atoms with van der Waals surface area (Å²) >= 11 is 1.34. The lowest BCUT2D eigenvalue weighted by Gasteiger charge is -2.21. The summed E-state index contributed by atoms with van der Waals surface area (Å²) < 4.78 is 12.2. The minimum Gasteiger partial charge on any atom is -0.448 e. The molecule has 1 fully saturated rings. The molecule has 1 spiro atoms. The van der Waals surface area contributed by atoms with Crippen molar-refractivity contribution in [3.05, 3.63) is 76.5 Å². The molecule has 2 amide bonds. The predicted octanol–water partition coefficient (Wildman–Crippen LogP) is 4.77. The van der Waals surface area contributed by atoms with Crippen molar-refractivity contribution >= 4 is 28.8 Å². The number of amides is 2. The van der Waals surface area contributed by atoms with E-state index in [-0.39, 0.29) is 11.8 Å². The van der Waals surface area contributed by atoms with Crippen LogP contribution in [0.15, 0.2) is 66.0 Å². The van der Waals surface area contributed by atoms with E-state index in [1.165, 1.54) is 11.3 Å². The van der Waals surface area contributed by atoms with E-state index >= 15 is 0 Å². The molecule has 1 aliphatic carbocycles. The molecule has 0 unspecified atom stereocenters. The van der Waals surface area contributed by atoms with Gasteiger partial charge in [0, 0.05) is 31.0 Å². The molecule has 1 atom stereocenters. The fraction of sp³-hybridized carbons (Fsp3) is 0.280. The highest BCUT2D eigenvalue weighted by Gasteiger charge is 2.44. The van der Waals surface area contributed by atoms with Crippen LogP contribution in [0.3, 0.4) is 0 Å². The second-order valence-corrected chi connectivity index (χ2v) is 9.11. The topological polar surface area (TPSA) is 76.7 Å². The van der Waals surface area contributed by atoms with Crippen molar-refractivity contribution < 1.29 is 19.1 Å². The molecule has 2 aromatic carbocycles. The standard InChI is InChI=1S/C25H24N2O4S/c28-23(26-18-10-11-20-21(16-18)31-25(30-20)12-4-5-13-25)19(15-17-7-2-1-3-8-17)27-24(29)22-9-6-14-32-22/h1-3,6-11,14,16,19H,4-5,12-13,15H2,(H,26,28)(H,27,29)/t19-/m0/s1. The first-order chi connectivity index (χ1) is 15.6. The van der Waals surface area contributed by atoms with Crippen LogP contribution in [0.1, 0.15) is 40.9 Å². The molecule has 164 valence electrons. The van der Waals surface area contributed by atoms with Crippen LogP contribution in [0.5, 0.6) is 11.5 Å². The van der Waals surface area contributed by atoms with Crippen LogP contribution in [0.25, 0.3) is 0 Å². The van der Waals surface area contributed by atoms with Crippen molar-refractivity contribution in [1.82, 2.24) is 5.32 Å². The zero-order valence-electron chi connectivity index (χ0n) is 17.5. The summed E-state index contributed by atoms with van der Waals surface area (Å²) in [5.74, 6) is 0.261. The molecular formula is C25H24N2O4S. The van der Waals surface area contributed by atoms with Gasteiger partial charge in [-0.05, 0) is 42.0 Å². The average Bonchev–Trinajstić information content (AvgIpc) is 3.55. The van der Waals surface area contributed by atoms with Crippen LogP contribution >= 0.6 is 11.3 Å². The highest BCUT2D eigenvalue weighted by molar-refractivity contribution is 7.12. The van der Waals surface area contributed by atoms with Gasteiger partial charge in [0.05, 0.1) is 4.88 Å². The van der Waals surface area contributed by atoms with Gasteiger partial charge in [0.2, 0.25) is 5.91 Å². The number of fused-ring (bicyclic) bond motifs is 1. The van der Waals surface area contributed by atoms with Gasteiger partial charge in [0.25, 0.3) is 11.7 Å². The Labute approximate surface area is 190 Å². The molecule has 3 aromatic rings. The number of thiophene rings is 1. The largest absolute Gasteiger partial charge is 0.448 e. The van der Waals surface area contributed by atoms with E-state index in [0.29, 0.717) is 28.5 Å². The maximum absolute atomic E-state index is 13.2. The second-order valence-electron chi connectivity index (χ2n) is 8.17. The molecule has 1 aromatic heterocycles. The molecule has 2 aliphatic rings. The lowest BCUT2D eigenvalue weighted by Crippen LogP contribution is -2.45. The fourth-order valence-electron chi connectivity index (χ4n) is 4.21. The third kappa shape index (κ3) is 4.34. The first-order valence-electron chi connectivity index (χ1n) is 10.8. The summed E-state index contributed by atoms with van der Waals surface area (Å²) in [6, 6.07) is 17.9. The molecule has 0 bridgehead atoms. The van der Waals surface area contributed by atoms with Gasteiger partial charge >= 0.3 is 0 Å². The first-order valence-corrected chi connectivity index (χ1v) is 11.7. The number of rotatable bonds is 6. The van der Waals surface area contributed by atoms with Crippen LogP contribution in [-0.4, -0.2) is 23.6 Å². The molecule has 7 heteroatoms. The maximum atomic E-state index is 13.2. The number of nitrogens with one attached hydrogen (secondary N) is 2. The third-order valence-corrected chi connectivity index (χ3v) is 6.69. The minimum absolute atomic E-state index is 0.259. The summed E-state index contributed by atoms with van der Waals surface area (Å²) in [7, 11) is 0. The number of anilines is 1. The number of hydrogen-bond donors (Lipinski definition) is 2. The molecule has 1 saturated carbocycles. The Morgan fingerprint density at radius 3 is 2.50 bits per heavy atom. The van der Waals surface area contributed by atoms with Gasteiger partial charge in [-0.1, -0.05) is 36.4 Å². The van der Waals surface area contributed by atoms with Crippen LogP contribution in [0.2, 0.25) is 0 Å². The van der Waals surface area contributed by atoms with Crippen molar-refractivity contribution in [3.8, 4) is 11.5 Å². The Kier molecular flexibility index (Phi) is 5.57. The number of benzene rings is 2. The summed E-state index contributed by atoms with van der Waals surface area (Å²) in [5.41, 5.74) is 1.57. The van der Waals surface area contributed by atoms with E-state index in [1.54, 1.807) is 18.2 Å². The van der Waals surface area contributed by atoms with E-state index in [1.807, 2.05) is 47.8 Å². The smallest absolute Gasteiger partial charge is 0.262 e. The SMILES string of the molecule is O=C(N[C@@H](Cc1ccccc1)C(=O)Nc1ccc2c(c1)OC1(CCCC1)O2)c1cccs1. The van der Waals surface area contributed by atoms with E-state index in [2.05, 4.69) is 10.6 Å². The van der Waals surface area contributed by atoms with Gasteiger partial charge in [-0.2, -0.15) is 0 Å². The Morgan fingerprint density at radius 1 is 0.969 bits per heavy atom. The van der Waals surface area contributed by atoms with Crippen molar-refractivity contribution in [2.24, 2.45) is 0 Å². The van der Waals surface area contributed by atoms with Gasteiger partial charge in [-0.3, -0.25) is 9.59 Å². The molecule has 6 nitrogen and oxygen atoms in total. The van der Waals surface area contributed by atoms with Crippen molar-refractivity contribution in [3.63, 3.8) is 0 Å². The molecule has 32 heavy (non-hydrogen) atoms. The molecule has 0 saturated heterocycles. The molecule has 5 rings (SSSR count). The van der Waals surface area contributed by atoms with E-state index < -0.39 is 11.8 Å². The predicted molar refractivity (Wildman–Crippen MR) is 123 cm³/mol. The molecule has 2 N–H and O–H groups in total. The Balaban J connectivity index is 1.32. The van der Waals surface area contributed by atoms with Gasteiger partial charge < -0.3 is 20.1 Å². The van der Waals surface area contributed by atoms with E-state index in [9.17, 15) is 9.59 Å². The highest BCUT2D eigenvalue weighted by atomic mass is 32.1. The normalized spacial score (nSPS) is 16.6. The zero-order valence-corrected chi connectivity index (χ0v) is 18.3. The lowest BCUT2D eigenvalue weighted by molar-refractivity contribution is -0.118. The Bertz CT molecular complexity index is 1110. The Morgan fingerprint density at radius 2 is 1.75 bits per heavy atom. The van der Waals surface area contributed by atoms with E-state index in [0.717, 1.165) is 31.2 Å². The molecule has 2 heterocycles. The number of hydrogen-bond acceptors (Lipinski definition) is 5. The van der Waals surface area contributed by atoms with Crippen molar-refractivity contribution in [1.29, 1.82) is 0 Å². The lowest BCUT2D eigenvalue weighted by atomic mass is 10.0. The van der Waals surface area contributed by atoms with Crippen LogP contribution in [0, 0.1) is 0 Å². The summed E-state index contributed by atoms with van der Waals surface area (Å²) in [4.78, 5) is 26.4. The van der Waals surface area contributed by atoms with Crippen molar-refractivity contribution in [2.45, 2.75) is 43.9 Å². The zero-order chi connectivity index (χ0) is 22.0. The molecule has 1 aliphatic heterocycles. The minimum atomic E-state index is -0.724. The third-order valence-electron chi connectivity index (χ3n) is 5.82. The van der Waals surface area contributed by atoms with Gasteiger partial charge in [-0.15, -0.1) is 11.3 Å². The maximum Gasteiger partial charge on any atom is 0.262 e. The number of ether oxygens (including phenoxy) is 2. The van der Waals surface area contributed by atoms with Gasteiger partial charge in [0.1, 0.15) is 6.04 Å².